The number of sulfonamides is 1. The van der Waals surface area contributed by atoms with Crippen molar-refractivity contribution in [1.82, 2.24) is 9.29 Å². The predicted octanol–water partition coefficient (Wildman–Crippen LogP) is 2.38. The molecule has 106 valence electrons. The van der Waals surface area contributed by atoms with E-state index in [4.69, 9.17) is 5.73 Å². The average molecular weight is 348 g/mol. The van der Waals surface area contributed by atoms with Crippen LogP contribution >= 0.6 is 15.9 Å². The third-order valence-electron chi connectivity index (χ3n) is 3.59. The summed E-state index contributed by atoms with van der Waals surface area (Å²) in [6, 6.07) is 1.58. The van der Waals surface area contributed by atoms with Gasteiger partial charge in [-0.1, -0.05) is 19.3 Å². The van der Waals surface area contributed by atoms with Gasteiger partial charge in [0, 0.05) is 23.8 Å². The van der Waals surface area contributed by atoms with Crippen LogP contribution in [0.5, 0.6) is 0 Å². The largest absolute Gasteiger partial charge is 0.383 e. The van der Waals surface area contributed by atoms with Gasteiger partial charge in [0.15, 0.2) is 0 Å². The van der Waals surface area contributed by atoms with Crippen LogP contribution in [0, 0.1) is 0 Å². The van der Waals surface area contributed by atoms with Gasteiger partial charge in [0.25, 0.3) is 0 Å². The second kappa shape index (κ2) is 5.76. The highest BCUT2D eigenvalue weighted by Crippen LogP contribution is 2.29. The summed E-state index contributed by atoms with van der Waals surface area (Å²) in [4.78, 5) is 3.98. The molecular weight excluding hydrogens is 330 g/mol. The molecule has 0 spiro atoms. The second-order valence-corrected chi connectivity index (χ2v) is 7.73. The molecule has 0 unspecified atom stereocenters. The molecule has 1 heterocycles. The Bertz CT molecular complexity index is 556. The van der Waals surface area contributed by atoms with E-state index in [2.05, 4.69) is 20.9 Å². The maximum Gasteiger partial charge on any atom is 0.246 e. The fourth-order valence-electron chi connectivity index (χ4n) is 2.43. The van der Waals surface area contributed by atoms with Crippen molar-refractivity contribution in [2.75, 3.05) is 12.8 Å². The molecule has 2 rings (SSSR count). The van der Waals surface area contributed by atoms with Gasteiger partial charge < -0.3 is 5.73 Å². The van der Waals surface area contributed by atoms with Crippen molar-refractivity contribution < 1.29 is 8.42 Å². The Morgan fingerprint density at radius 1 is 1.37 bits per heavy atom. The number of nitrogen functional groups attached to an aromatic ring is 1. The first-order valence-corrected chi connectivity index (χ1v) is 8.55. The molecule has 0 atom stereocenters. The van der Waals surface area contributed by atoms with Gasteiger partial charge in [-0.25, -0.2) is 13.4 Å². The minimum atomic E-state index is -3.58. The van der Waals surface area contributed by atoms with Crippen LogP contribution in [0.25, 0.3) is 0 Å². The number of hydrogen-bond acceptors (Lipinski definition) is 4. The lowest BCUT2D eigenvalue weighted by atomic mass is 9.96. The number of nitrogens with two attached hydrogens (primary N) is 1. The molecule has 0 aliphatic heterocycles. The molecule has 0 amide bonds. The minimum absolute atomic E-state index is 0.0471. The maximum absolute atomic E-state index is 12.6. The highest BCUT2D eigenvalue weighted by atomic mass is 79.9. The zero-order valence-electron chi connectivity index (χ0n) is 10.8. The standard InChI is InChI=1S/C12H18BrN3O2S/c1-16(10-5-3-2-4-6-10)19(17,18)11-7-9(13)8-15-12(11)14/h7-8,10H,2-6H2,1H3,(H2,14,15). The normalized spacial score (nSPS) is 17.8. The molecule has 1 aromatic rings. The SMILES string of the molecule is CN(C1CCCCC1)S(=O)(=O)c1cc(Br)cnc1N. The second-order valence-electron chi connectivity index (χ2n) is 4.85. The number of pyridine rings is 1. The van der Waals surface area contributed by atoms with Gasteiger partial charge in [-0.15, -0.1) is 0 Å². The summed E-state index contributed by atoms with van der Waals surface area (Å²) in [6.07, 6.45) is 6.67. The van der Waals surface area contributed by atoms with E-state index in [1.165, 1.54) is 23.0 Å². The first-order valence-electron chi connectivity index (χ1n) is 6.32. The third kappa shape index (κ3) is 3.09. The van der Waals surface area contributed by atoms with Crippen LogP contribution < -0.4 is 5.73 Å². The first-order chi connectivity index (χ1) is 8.93. The third-order valence-corrected chi connectivity index (χ3v) is 5.97. The smallest absolute Gasteiger partial charge is 0.246 e. The van der Waals surface area contributed by atoms with E-state index in [1.807, 2.05) is 0 Å². The van der Waals surface area contributed by atoms with E-state index < -0.39 is 10.0 Å². The van der Waals surface area contributed by atoms with Crippen LogP contribution in [-0.4, -0.2) is 30.8 Å². The van der Waals surface area contributed by atoms with Crippen molar-refractivity contribution in [2.24, 2.45) is 0 Å². The molecule has 0 bridgehead atoms. The van der Waals surface area contributed by atoms with Crippen molar-refractivity contribution in [3.8, 4) is 0 Å². The van der Waals surface area contributed by atoms with Crippen LogP contribution in [0.15, 0.2) is 21.6 Å². The van der Waals surface area contributed by atoms with E-state index in [0.717, 1.165) is 25.7 Å². The van der Waals surface area contributed by atoms with Gasteiger partial charge in [0.2, 0.25) is 10.0 Å². The molecule has 2 N–H and O–H groups in total. The number of nitrogens with zero attached hydrogens (tertiary/aromatic N) is 2. The molecule has 19 heavy (non-hydrogen) atoms. The average Bonchev–Trinajstić information content (AvgIpc) is 2.41. The lowest BCUT2D eigenvalue weighted by molar-refractivity contribution is 0.286. The fraction of sp³-hybridized carbons (Fsp3) is 0.583. The topological polar surface area (TPSA) is 76.3 Å². The van der Waals surface area contributed by atoms with Crippen LogP contribution in [-0.2, 0) is 10.0 Å². The van der Waals surface area contributed by atoms with Gasteiger partial charge >= 0.3 is 0 Å². The van der Waals surface area contributed by atoms with E-state index in [0.29, 0.717) is 4.47 Å². The summed E-state index contributed by atoms with van der Waals surface area (Å²) >= 11 is 3.23. The molecule has 5 nitrogen and oxygen atoms in total. The van der Waals surface area contributed by atoms with E-state index in [9.17, 15) is 8.42 Å². The molecule has 1 aliphatic rings. The Labute approximate surface area is 122 Å². The van der Waals surface area contributed by atoms with Crippen molar-refractivity contribution in [2.45, 2.75) is 43.0 Å². The number of anilines is 1. The molecule has 0 aromatic carbocycles. The van der Waals surface area contributed by atoms with Crippen LogP contribution in [0.1, 0.15) is 32.1 Å². The van der Waals surface area contributed by atoms with Gasteiger partial charge in [-0.05, 0) is 34.8 Å². The molecule has 0 radical (unpaired) electrons. The van der Waals surface area contributed by atoms with E-state index >= 15 is 0 Å². The Balaban J connectivity index is 2.33. The Hall–Kier alpha value is -0.660. The minimum Gasteiger partial charge on any atom is -0.383 e. The molecule has 1 aromatic heterocycles. The van der Waals surface area contributed by atoms with Crippen molar-refractivity contribution in [1.29, 1.82) is 0 Å². The van der Waals surface area contributed by atoms with Gasteiger partial charge in [-0.2, -0.15) is 4.31 Å². The Morgan fingerprint density at radius 2 is 2.00 bits per heavy atom. The summed E-state index contributed by atoms with van der Waals surface area (Å²) in [5, 5.41) is 0. The number of aromatic nitrogens is 1. The van der Waals surface area contributed by atoms with Gasteiger partial charge in [-0.3, -0.25) is 0 Å². The number of hydrogen-bond donors (Lipinski definition) is 1. The highest BCUT2D eigenvalue weighted by molar-refractivity contribution is 9.10. The predicted molar refractivity (Wildman–Crippen MR) is 78.2 cm³/mol. The van der Waals surface area contributed by atoms with E-state index in [1.54, 1.807) is 7.05 Å². The molecule has 1 aliphatic carbocycles. The molecule has 7 heteroatoms. The quantitative estimate of drug-likeness (QED) is 0.910. The molecule has 1 saturated carbocycles. The lowest BCUT2D eigenvalue weighted by Gasteiger charge is -2.30. The summed E-state index contributed by atoms with van der Waals surface area (Å²) in [7, 11) is -1.95. The summed E-state index contributed by atoms with van der Waals surface area (Å²) in [5.74, 6) is 0.0471. The van der Waals surface area contributed by atoms with Crippen molar-refractivity contribution in [3.05, 3.63) is 16.7 Å². The zero-order chi connectivity index (χ0) is 14.0. The van der Waals surface area contributed by atoms with Gasteiger partial charge in [0.05, 0.1) is 0 Å². The summed E-state index contributed by atoms with van der Waals surface area (Å²) < 4.78 is 27.2. The number of rotatable bonds is 3. The highest BCUT2D eigenvalue weighted by Gasteiger charge is 2.30. The fourth-order valence-corrected chi connectivity index (χ4v) is 4.42. The maximum atomic E-state index is 12.6. The zero-order valence-corrected chi connectivity index (χ0v) is 13.2. The number of halogens is 1. The summed E-state index contributed by atoms with van der Waals surface area (Å²) in [6.45, 7) is 0. The monoisotopic (exact) mass is 347 g/mol. The van der Waals surface area contributed by atoms with Crippen LogP contribution in [0.4, 0.5) is 5.82 Å². The first kappa shape index (κ1) is 14.7. The lowest BCUT2D eigenvalue weighted by Crippen LogP contribution is -2.38. The van der Waals surface area contributed by atoms with E-state index in [-0.39, 0.29) is 16.8 Å². The van der Waals surface area contributed by atoms with Crippen molar-refractivity contribution >= 4 is 31.8 Å². The molecule has 1 fully saturated rings. The van der Waals surface area contributed by atoms with Gasteiger partial charge in [0.1, 0.15) is 10.7 Å². The Kier molecular flexibility index (Phi) is 4.47. The van der Waals surface area contributed by atoms with Crippen LogP contribution in [0.3, 0.4) is 0 Å². The van der Waals surface area contributed by atoms with Crippen LogP contribution in [0.2, 0.25) is 0 Å². The van der Waals surface area contributed by atoms with Crippen molar-refractivity contribution in [3.63, 3.8) is 0 Å². The molecular formula is C12H18BrN3O2S. The Morgan fingerprint density at radius 3 is 2.63 bits per heavy atom. The molecule has 0 saturated heterocycles. The summed E-state index contributed by atoms with van der Waals surface area (Å²) in [5.41, 5.74) is 5.71.